The monoisotopic (exact) mass is 206 g/mol. The molecule has 0 heterocycles. The molecule has 0 aliphatic rings. The highest BCUT2D eigenvalue weighted by Crippen LogP contribution is 2.03. The summed E-state index contributed by atoms with van der Waals surface area (Å²) in [6, 6.07) is 10.1. The van der Waals surface area contributed by atoms with Crippen LogP contribution >= 0.6 is 0 Å². The number of aliphatic hydroxyl groups is 1. The van der Waals surface area contributed by atoms with Crippen LogP contribution in [0.5, 0.6) is 0 Å². The van der Waals surface area contributed by atoms with Gasteiger partial charge in [0, 0.05) is 0 Å². The molecule has 0 saturated heterocycles. The Kier molecular flexibility index (Phi) is 5.74. The van der Waals surface area contributed by atoms with Crippen molar-refractivity contribution in [1.29, 1.82) is 0 Å². The lowest BCUT2D eigenvalue weighted by Gasteiger charge is -2.07. The molecule has 1 aromatic carbocycles. The van der Waals surface area contributed by atoms with Gasteiger partial charge in [-0.25, -0.2) is 0 Å². The quantitative estimate of drug-likeness (QED) is 0.724. The Morgan fingerprint density at radius 2 is 2.07 bits per heavy atom. The fraction of sp³-hybridized carbons (Fsp3) is 0.385. The van der Waals surface area contributed by atoms with Crippen LogP contribution in [0.25, 0.3) is 0 Å². The van der Waals surface area contributed by atoms with E-state index in [9.17, 15) is 0 Å². The third kappa shape index (κ3) is 5.35. The van der Waals surface area contributed by atoms with E-state index in [1.807, 2.05) is 36.4 Å². The third-order valence-corrected chi connectivity index (χ3v) is 2.06. The average molecular weight is 206 g/mol. The molecule has 0 aromatic heterocycles. The molecule has 0 saturated carbocycles. The standard InChI is InChI=1S/C13H18O2/c1-12(6-5-9-14)10-15-11-13-7-3-2-4-8-13/h2-8,12,14H,9-11H2,1H3/b6-5+/t12-/m1/s1. The van der Waals surface area contributed by atoms with Gasteiger partial charge < -0.3 is 9.84 Å². The zero-order valence-corrected chi connectivity index (χ0v) is 9.10. The SMILES string of the molecule is C[C@H](/C=C/CO)COCc1ccccc1. The number of hydrogen-bond donors (Lipinski definition) is 1. The van der Waals surface area contributed by atoms with Gasteiger partial charge in [-0.3, -0.25) is 0 Å². The lowest BCUT2D eigenvalue weighted by Crippen LogP contribution is -2.03. The van der Waals surface area contributed by atoms with Crippen molar-refractivity contribution in [2.24, 2.45) is 5.92 Å². The van der Waals surface area contributed by atoms with Crippen LogP contribution in [0.4, 0.5) is 0 Å². The highest BCUT2D eigenvalue weighted by molar-refractivity contribution is 5.13. The third-order valence-electron chi connectivity index (χ3n) is 2.06. The molecule has 0 radical (unpaired) electrons. The highest BCUT2D eigenvalue weighted by Gasteiger charge is 1.97. The summed E-state index contributed by atoms with van der Waals surface area (Å²) < 4.78 is 5.55. The van der Waals surface area contributed by atoms with Crippen LogP contribution in [0.3, 0.4) is 0 Å². The smallest absolute Gasteiger partial charge is 0.0717 e. The summed E-state index contributed by atoms with van der Waals surface area (Å²) >= 11 is 0. The number of rotatable bonds is 6. The minimum Gasteiger partial charge on any atom is -0.392 e. The molecule has 0 unspecified atom stereocenters. The predicted octanol–water partition coefficient (Wildman–Crippen LogP) is 2.39. The first-order valence-electron chi connectivity index (χ1n) is 5.22. The molecule has 1 N–H and O–H groups in total. The lowest BCUT2D eigenvalue weighted by molar-refractivity contribution is 0.104. The van der Waals surface area contributed by atoms with E-state index in [-0.39, 0.29) is 6.61 Å². The molecule has 2 nitrogen and oxygen atoms in total. The van der Waals surface area contributed by atoms with Gasteiger partial charge in [0.2, 0.25) is 0 Å². The number of hydrogen-bond acceptors (Lipinski definition) is 2. The maximum Gasteiger partial charge on any atom is 0.0717 e. The van der Waals surface area contributed by atoms with E-state index < -0.39 is 0 Å². The summed E-state index contributed by atoms with van der Waals surface area (Å²) in [6.07, 6.45) is 3.71. The maximum absolute atomic E-state index is 8.59. The minimum atomic E-state index is 0.100. The molecule has 0 amide bonds. The Labute approximate surface area is 91.2 Å². The predicted molar refractivity (Wildman–Crippen MR) is 61.5 cm³/mol. The highest BCUT2D eigenvalue weighted by atomic mass is 16.5. The summed E-state index contributed by atoms with van der Waals surface area (Å²) in [5.74, 6) is 0.348. The zero-order chi connectivity index (χ0) is 10.9. The summed E-state index contributed by atoms with van der Waals surface area (Å²) in [4.78, 5) is 0. The fourth-order valence-corrected chi connectivity index (χ4v) is 1.29. The molecular formula is C13H18O2. The van der Waals surface area contributed by atoms with Crippen molar-refractivity contribution in [3.05, 3.63) is 48.0 Å². The summed E-state index contributed by atoms with van der Waals surface area (Å²) in [5.41, 5.74) is 1.19. The van der Waals surface area contributed by atoms with Crippen LogP contribution in [0.2, 0.25) is 0 Å². The maximum atomic E-state index is 8.59. The van der Waals surface area contributed by atoms with Crippen molar-refractivity contribution in [1.82, 2.24) is 0 Å². The first-order valence-corrected chi connectivity index (χ1v) is 5.22. The van der Waals surface area contributed by atoms with Crippen LogP contribution in [0, 0.1) is 5.92 Å². The first kappa shape index (κ1) is 12.0. The van der Waals surface area contributed by atoms with Gasteiger partial charge in [-0.2, -0.15) is 0 Å². The van der Waals surface area contributed by atoms with Gasteiger partial charge in [-0.1, -0.05) is 49.4 Å². The number of ether oxygens (including phenoxy) is 1. The molecular weight excluding hydrogens is 188 g/mol. The van der Waals surface area contributed by atoms with Crippen molar-refractivity contribution < 1.29 is 9.84 Å². The molecule has 82 valence electrons. The number of benzene rings is 1. The Bertz CT molecular complexity index is 280. The summed E-state index contributed by atoms with van der Waals surface area (Å²) in [7, 11) is 0. The van der Waals surface area contributed by atoms with Crippen molar-refractivity contribution in [2.75, 3.05) is 13.2 Å². The van der Waals surface area contributed by atoms with Crippen molar-refractivity contribution in [2.45, 2.75) is 13.5 Å². The van der Waals surface area contributed by atoms with Gasteiger partial charge >= 0.3 is 0 Å². The van der Waals surface area contributed by atoms with Crippen molar-refractivity contribution in [3.63, 3.8) is 0 Å². The van der Waals surface area contributed by atoms with Crippen LogP contribution in [0.15, 0.2) is 42.5 Å². The van der Waals surface area contributed by atoms with Crippen LogP contribution in [0.1, 0.15) is 12.5 Å². The van der Waals surface area contributed by atoms with Crippen LogP contribution in [-0.2, 0) is 11.3 Å². The van der Waals surface area contributed by atoms with Crippen LogP contribution in [-0.4, -0.2) is 18.3 Å². The molecule has 0 aliphatic carbocycles. The van der Waals surface area contributed by atoms with Crippen molar-refractivity contribution >= 4 is 0 Å². The Morgan fingerprint density at radius 3 is 2.73 bits per heavy atom. The Morgan fingerprint density at radius 1 is 1.33 bits per heavy atom. The average Bonchev–Trinajstić information content (AvgIpc) is 2.28. The topological polar surface area (TPSA) is 29.5 Å². The van der Waals surface area contributed by atoms with E-state index in [0.29, 0.717) is 19.1 Å². The summed E-state index contributed by atoms with van der Waals surface area (Å²) in [5, 5.41) is 8.59. The second kappa shape index (κ2) is 7.21. The largest absolute Gasteiger partial charge is 0.392 e. The van der Waals surface area contributed by atoms with E-state index in [1.165, 1.54) is 5.56 Å². The van der Waals surface area contributed by atoms with E-state index in [4.69, 9.17) is 9.84 Å². The van der Waals surface area contributed by atoms with E-state index >= 15 is 0 Å². The zero-order valence-electron chi connectivity index (χ0n) is 9.10. The van der Waals surface area contributed by atoms with Gasteiger partial charge in [0.1, 0.15) is 0 Å². The normalized spacial score (nSPS) is 13.2. The Balaban J connectivity index is 2.19. The fourth-order valence-electron chi connectivity index (χ4n) is 1.29. The molecule has 15 heavy (non-hydrogen) atoms. The van der Waals surface area contributed by atoms with Crippen molar-refractivity contribution in [3.8, 4) is 0 Å². The Hall–Kier alpha value is -1.12. The lowest BCUT2D eigenvalue weighted by atomic mass is 10.2. The summed E-state index contributed by atoms with van der Waals surface area (Å²) in [6.45, 7) is 3.50. The minimum absolute atomic E-state index is 0.100. The first-order chi connectivity index (χ1) is 7.33. The molecule has 0 aliphatic heterocycles. The molecule has 1 rings (SSSR count). The van der Waals surface area contributed by atoms with Gasteiger partial charge in [0.25, 0.3) is 0 Å². The molecule has 0 spiro atoms. The van der Waals surface area contributed by atoms with Gasteiger partial charge in [0.15, 0.2) is 0 Å². The van der Waals surface area contributed by atoms with Crippen LogP contribution < -0.4 is 0 Å². The molecule has 1 atom stereocenters. The second-order valence-electron chi connectivity index (χ2n) is 3.59. The molecule has 0 bridgehead atoms. The molecule has 0 fully saturated rings. The van der Waals surface area contributed by atoms with Gasteiger partial charge in [-0.05, 0) is 11.5 Å². The molecule has 1 aromatic rings. The van der Waals surface area contributed by atoms with Gasteiger partial charge in [-0.15, -0.1) is 0 Å². The molecule has 2 heteroatoms. The van der Waals surface area contributed by atoms with E-state index in [0.717, 1.165) is 0 Å². The van der Waals surface area contributed by atoms with E-state index in [2.05, 4.69) is 6.92 Å². The van der Waals surface area contributed by atoms with E-state index in [1.54, 1.807) is 6.08 Å². The number of aliphatic hydroxyl groups excluding tert-OH is 1. The van der Waals surface area contributed by atoms with Gasteiger partial charge in [0.05, 0.1) is 19.8 Å². The second-order valence-corrected chi connectivity index (χ2v) is 3.59.